The van der Waals surface area contributed by atoms with Gasteiger partial charge in [-0.05, 0) is 56.3 Å². The van der Waals surface area contributed by atoms with Gasteiger partial charge in [0.2, 0.25) is 0 Å². The van der Waals surface area contributed by atoms with Crippen molar-refractivity contribution in [1.29, 1.82) is 0 Å². The summed E-state index contributed by atoms with van der Waals surface area (Å²) in [5, 5.41) is 28.5. The molecule has 1 spiro atoms. The number of carboxylic acids is 4. The maximum Gasteiger partial charge on any atom is 0.490 e. The molecule has 1 atom stereocenters. The fraction of sp³-hybridized carbons (Fsp3) is 0.400. The van der Waals surface area contributed by atoms with E-state index < -0.39 is 48.6 Å². The highest BCUT2D eigenvalue weighted by Gasteiger charge is 2.48. The van der Waals surface area contributed by atoms with Crippen LogP contribution in [-0.2, 0) is 37.7 Å². The lowest BCUT2D eigenvalue weighted by Crippen LogP contribution is -2.36. The molecule has 0 aliphatic carbocycles. The zero-order valence-electron chi connectivity index (χ0n) is 27.6. The van der Waals surface area contributed by atoms with Crippen LogP contribution in [0.2, 0.25) is 0 Å². The van der Waals surface area contributed by atoms with E-state index in [0.717, 1.165) is 38.4 Å². The van der Waals surface area contributed by atoms with E-state index in [4.69, 9.17) is 44.6 Å². The van der Waals surface area contributed by atoms with Crippen LogP contribution in [0.3, 0.4) is 0 Å². The van der Waals surface area contributed by atoms with E-state index >= 15 is 0 Å². The van der Waals surface area contributed by atoms with Gasteiger partial charge in [-0.15, -0.1) is 11.3 Å². The van der Waals surface area contributed by atoms with Crippen molar-refractivity contribution in [2.75, 3.05) is 24.5 Å². The maximum atomic E-state index is 10.6. The van der Waals surface area contributed by atoms with Crippen molar-refractivity contribution in [3.63, 3.8) is 0 Å². The molecular formula is C30H28F12N4O8S. The number of alkyl halides is 12. The molecule has 1 saturated heterocycles. The summed E-state index contributed by atoms with van der Waals surface area (Å²) >= 11 is 1.92. The quantitative estimate of drug-likeness (QED) is 0.209. The Kier molecular flexibility index (Phi) is 16.9. The molecule has 5 heterocycles. The first-order chi connectivity index (χ1) is 25.0. The number of likely N-dealkylation sites (tertiary alicyclic amines) is 1. The van der Waals surface area contributed by atoms with Crippen molar-refractivity contribution < 1.29 is 92.3 Å². The fourth-order valence-electron chi connectivity index (χ4n) is 4.62. The Morgan fingerprint density at radius 1 is 0.673 bits per heavy atom. The standard InChI is InChI=1S/C22H24N4S.4C2HF3O2/c1-17-7-8-19(27-17)14-25-12-9-22(15-25)16-26(13-18-5-2-3-10-23-18)20-6-4-11-24-21(20)22;4*3-2(4,5)1(6)7/h2-8,10-11H,9,12-16H2,1H3;4*(H,6,7). The zero-order valence-corrected chi connectivity index (χ0v) is 28.4. The molecule has 0 aromatic carbocycles. The maximum absolute atomic E-state index is 10.6. The Morgan fingerprint density at radius 3 is 1.55 bits per heavy atom. The molecule has 2 aliphatic heterocycles. The second-order valence-electron chi connectivity index (χ2n) is 11.0. The summed E-state index contributed by atoms with van der Waals surface area (Å²) in [7, 11) is 0. The predicted octanol–water partition coefficient (Wildman–Crippen LogP) is 6.54. The zero-order chi connectivity index (χ0) is 42.6. The molecule has 5 rings (SSSR count). The van der Waals surface area contributed by atoms with Crippen molar-refractivity contribution >= 4 is 40.9 Å². The largest absolute Gasteiger partial charge is 0.490 e. The first kappa shape index (κ1) is 47.8. The van der Waals surface area contributed by atoms with Crippen molar-refractivity contribution in [1.82, 2.24) is 14.9 Å². The van der Waals surface area contributed by atoms with Crippen LogP contribution in [0.15, 0.2) is 54.9 Å². The summed E-state index contributed by atoms with van der Waals surface area (Å²) in [6.45, 7) is 7.37. The van der Waals surface area contributed by atoms with Crippen LogP contribution in [0, 0.1) is 6.92 Å². The Hall–Kier alpha value is -5.20. The topological polar surface area (TPSA) is 181 Å². The number of thiophene rings is 1. The molecule has 0 bridgehead atoms. The minimum absolute atomic E-state index is 0.150. The van der Waals surface area contributed by atoms with Gasteiger partial charge in [-0.1, -0.05) is 6.07 Å². The van der Waals surface area contributed by atoms with Crippen molar-refractivity contribution in [2.24, 2.45) is 0 Å². The molecule has 3 aromatic rings. The Bertz CT molecular complexity index is 1640. The van der Waals surface area contributed by atoms with Crippen molar-refractivity contribution in [3.05, 3.63) is 76.0 Å². The van der Waals surface area contributed by atoms with E-state index in [2.05, 4.69) is 58.1 Å². The highest BCUT2D eigenvalue weighted by Crippen LogP contribution is 2.46. The Balaban J connectivity index is 0.000000442. The molecule has 55 heavy (non-hydrogen) atoms. The van der Waals surface area contributed by atoms with Crippen LogP contribution >= 0.6 is 11.3 Å². The molecule has 12 nitrogen and oxygen atoms in total. The normalized spacial score (nSPS) is 16.5. The Labute approximate surface area is 305 Å². The third-order valence-corrected chi connectivity index (χ3v) is 7.77. The van der Waals surface area contributed by atoms with Crippen molar-refractivity contribution in [3.8, 4) is 0 Å². The number of rotatable bonds is 4. The van der Waals surface area contributed by atoms with Gasteiger partial charge < -0.3 is 25.3 Å². The molecule has 0 saturated carbocycles. The van der Waals surface area contributed by atoms with Gasteiger partial charge in [0.25, 0.3) is 0 Å². The van der Waals surface area contributed by atoms with E-state index in [1.165, 1.54) is 27.6 Å². The highest BCUT2D eigenvalue weighted by molar-refractivity contribution is 7.11. The number of aryl methyl sites for hydroxylation is 1. The minimum Gasteiger partial charge on any atom is -0.475 e. The third-order valence-electron chi connectivity index (χ3n) is 6.78. The van der Waals surface area contributed by atoms with Gasteiger partial charge in [0.1, 0.15) is 0 Å². The van der Waals surface area contributed by atoms with Gasteiger partial charge in [-0.25, -0.2) is 19.2 Å². The Morgan fingerprint density at radius 2 is 1.15 bits per heavy atom. The summed E-state index contributed by atoms with van der Waals surface area (Å²) < 4.78 is 127. The van der Waals surface area contributed by atoms with Crippen molar-refractivity contribution in [2.45, 2.75) is 56.6 Å². The average Bonchev–Trinajstić information content (AvgIpc) is 3.74. The number of fused-ring (bicyclic) bond motifs is 2. The second kappa shape index (κ2) is 19.4. The van der Waals surface area contributed by atoms with Gasteiger partial charge in [0, 0.05) is 47.2 Å². The molecule has 0 radical (unpaired) electrons. The van der Waals surface area contributed by atoms with Crippen LogP contribution in [0.4, 0.5) is 58.4 Å². The predicted molar refractivity (Wildman–Crippen MR) is 165 cm³/mol. The number of hydrogen-bond donors (Lipinski definition) is 4. The molecule has 2 aliphatic rings. The number of aromatic nitrogens is 2. The number of pyridine rings is 2. The SMILES string of the molecule is Cc1ccc(CN2CCC3(C2)CN(Cc2ccccn2)c2cccnc23)s1.O=C(O)C(F)(F)F.O=C(O)C(F)(F)F.O=C(O)C(F)(F)F.O=C(O)C(F)(F)F. The molecule has 25 heteroatoms. The molecular weight excluding hydrogens is 804 g/mol. The highest BCUT2D eigenvalue weighted by atomic mass is 32.1. The summed E-state index contributed by atoms with van der Waals surface area (Å²) in [6.07, 6.45) is -15.3. The van der Waals surface area contributed by atoms with Gasteiger partial charge in [-0.3, -0.25) is 14.9 Å². The second-order valence-corrected chi connectivity index (χ2v) is 12.4. The number of aliphatic carboxylic acids is 4. The van der Waals surface area contributed by atoms with Crippen LogP contribution in [0.5, 0.6) is 0 Å². The van der Waals surface area contributed by atoms with Gasteiger partial charge >= 0.3 is 48.6 Å². The van der Waals surface area contributed by atoms with E-state index in [0.29, 0.717) is 0 Å². The van der Waals surface area contributed by atoms with Crippen LogP contribution < -0.4 is 4.90 Å². The number of carbonyl (C=O) groups is 4. The summed E-state index contributed by atoms with van der Waals surface area (Å²) in [4.78, 5) is 52.9. The first-order valence-electron chi connectivity index (χ1n) is 14.6. The third kappa shape index (κ3) is 16.4. The minimum atomic E-state index is -5.08. The van der Waals surface area contributed by atoms with Gasteiger partial charge in [-0.2, -0.15) is 52.7 Å². The van der Waals surface area contributed by atoms with Gasteiger partial charge in [0.15, 0.2) is 0 Å². The number of hydrogen-bond acceptors (Lipinski definition) is 9. The van der Waals surface area contributed by atoms with Crippen LogP contribution in [-0.4, -0.2) is 104 Å². The number of halogens is 12. The molecule has 306 valence electrons. The summed E-state index contributed by atoms with van der Waals surface area (Å²) in [5.41, 5.74) is 3.84. The fourth-order valence-corrected chi connectivity index (χ4v) is 5.55. The molecule has 0 amide bonds. The van der Waals surface area contributed by atoms with Crippen LogP contribution in [0.1, 0.15) is 27.6 Å². The van der Waals surface area contributed by atoms with E-state index in [1.807, 2.05) is 29.8 Å². The molecule has 4 N–H and O–H groups in total. The lowest BCUT2D eigenvalue weighted by atomic mass is 9.85. The van der Waals surface area contributed by atoms with E-state index in [1.54, 1.807) is 0 Å². The van der Waals surface area contributed by atoms with E-state index in [9.17, 15) is 52.7 Å². The van der Waals surface area contributed by atoms with Gasteiger partial charge in [0.05, 0.1) is 23.6 Å². The number of nitrogens with zero attached hydrogens (tertiary/aromatic N) is 4. The smallest absolute Gasteiger partial charge is 0.475 e. The molecule has 3 aromatic heterocycles. The first-order valence-corrected chi connectivity index (χ1v) is 15.4. The lowest BCUT2D eigenvalue weighted by molar-refractivity contribution is -0.193. The van der Waals surface area contributed by atoms with E-state index in [-0.39, 0.29) is 5.41 Å². The lowest BCUT2D eigenvalue weighted by Gasteiger charge is -2.25. The summed E-state index contributed by atoms with van der Waals surface area (Å²) in [6, 6.07) is 15.0. The average molecular weight is 833 g/mol. The number of anilines is 1. The number of carboxylic acid groups (broad SMARTS) is 4. The van der Waals surface area contributed by atoms with Crippen LogP contribution in [0.25, 0.3) is 0 Å². The monoisotopic (exact) mass is 832 g/mol. The molecule has 1 fully saturated rings. The summed E-state index contributed by atoms with van der Waals surface area (Å²) in [5.74, 6) is -11.0. The molecule has 1 unspecified atom stereocenters.